The van der Waals surface area contributed by atoms with Crippen LogP contribution in [0, 0.1) is 0 Å². The minimum Gasteiger partial charge on any atom is -0.247 e. The summed E-state index contributed by atoms with van der Waals surface area (Å²) in [6.07, 6.45) is 0. The van der Waals surface area contributed by atoms with E-state index in [2.05, 4.69) is 182 Å². The largest absolute Gasteiger partial charge is 0.247 e. The zero-order valence-electron chi connectivity index (χ0n) is 34.5. The molecule has 2 aromatic heterocycles. The number of benzene rings is 9. The molecule has 9 aromatic carbocycles. The van der Waals surface area contributed by atoms with Crippen LogP contribution in [0.25, 0.3) is 89.4 Å². The van der Waals surface area contributed by atoms with E-state index in [1.165, 1.54) is 54.1 Å². The lowest BCUT2D eigenvalue weighted by molar-refractivity contribution is 0.723. The van der Waals surface area contributed by atoms with Crippen LogP contribution in [0.1, 0.15) is 22.3 Å². The quantitative estimate of drug-likeness (QED) is 0.162. The normalized spacial score (nSPS) is 13.1. The first-order valence-electron chi connectivity index (χ1n) is 21.6. The molecule has 5 heteroatoms. The van der Waals surface area contributed by atoms with Gasteiger partial charge in [-0.1, -0.05) is 194 Å². The maximum absolute atomic E-state index is 5.47. The van der Waals surface area contributed by atoms with Crippen LogP contribution in [0.15, 0.2) is 228 Å². The highest BCUT2D eigenvalue weighted by atomic mass is 32.2. The molecule has 0 fully saturated rings. The minimum absolute atomic E-state index is 0.474. The summed E-state index contributed by atoms with van der Waals surface area (Å²) in [5, 5.41) is 3.41. The Morgan fingerprint density at radius 3 is 1.53 bits per heavy atom. The Kier molecular flexibility index (Phi) is 8.33. The molecule has 0 bridgehead atoms. The fraction of sp³-hybridized carbons (Fsp3) is 0.0169. The van der Waals surface area contributed by atoms with E-state index in [1.807, 2.05) is 48.2 Å². The molecule has 2 aliphatic rings. The number of pyridine rings is 1. The van der Waals surface area contributed by atoms with E-state index in [9.17, 15) is 0 Å². The van der Waals surface area contributed by atoms with Crippen molar-refractivity contribution in [2.45, 2.75) is 15.2 Å². The second-order valence-corrected chi connectivity index (χ2v) is 17.6. The average Bonchev–Trinajstić information content (AvgIpc) is 3.65. The van der Waals surface area contributed by atoms with Gasteiger partial charge in [0.1, 0.15) is 0 Å². The van der Waals surface area contributed by atoms with Crippen molar-refractivity contribution in [2.24, 2.45) is 0 Å². The van der Waals surface area contributed by atoms with E-state index in [1.54, 1.807) is 0 Å². The van der Waals surface area contributed by atoms with Crippen molar-refractivity contribution in [1.82, 2.24) is 19.9 Å². The first kappa shape index (κ1) is 36.6. The van der Waals surface area contributed by atoms with Gasteiger partial charge in [0, 0.05) is 42.8 Å². The Bertz CT molecular complexity index is 3600. The Labute approximate surface area is 375 Å². The van der Waals surface area contributed by atoms with Crippen LogP contribution >= 0.6 is 11.8 Å². The average molecular weight is 833 g/mol. The summed E-state index contributed by atoms with van der Waals surface area (Å²) < 4.78 is 0. The number of fused-ring (bicyclic) bond motifs is 12. The second-order valence-electron chi connectivity index (χ2n) is 16.5. The third-order valence-corrected chi connectivity index (χ3v) is 14.1. The zero-order valence-corrected chi connectivity index (χ0v) is 35.3. The van der Waals surface area contributed by atoms with Gasteiger partial charge in [0.05, 0.1) is 16.6 Å². The molecule has 1 spiro atoms. The molecule has 3 heterocycles. The highest BCUT2D eigenvalue weighted by Crippen LogP contribution is 2.63. The van der Waals surface area contributed by atoms with Crippen molar-refractivity contribution in [3.8, 4) is 67.7 Å². The number of nitrogens with zero attached hydrogens (tertiary/aromatic N) is 4. The van der Waals surface area contributed by atoms with Gasteiger partial charge in [-0.15, -0.1) is 0 Å². The third-order valence-electron chi connectivity index (χ3n) is 13.0. The van der Waals surface area contributed by atoms with E-state index >= 15 is 0 Å². The van der Waals surface area contributed by atoms with Gasteiger partial charge in [0.25, 0.3) is 0 Å². The lowest BCUT2D eigenvalue weighted by Gasteiger charge is -2.39. The molecule has 0 radical (unpaired) electrons. The van der Waals surface area contributed by atoms with Crippen LogP contribution in [0.2, 0.25) is 0 Å². The molecule has 4 nitrogen and oxygen atoms in total. The predicted octanol–water partition coefficient (Wildman–Crippen LogP) is 14.7. The molecule has 0 unspecified atom stereocenters. The van der Waals surface area contributed by atoms with Gasteiger partial charge in [-0.05, 0) is 86.3 Å². The number of para-hydroxylation sites is 1. The van der Waals surface area contributed by atoms with Gasteiger partial charge in [-0.25, -0.2) is 19.9 Å². The van der Waals surface area contributed by atoms with Crippen molar-refractivity contribution >= 4 is 33.4 Å². The number of aromatic nitrogens is 4. The maximum atomic E-state index is 5.47. The summed E-state index contributed by atoms with van der Waals surface area (Å²) in [5.41, 5.74) is 15.2. The zero-order chi connectivity index (χ0) is 42.2. The predicted molar refractivity (Wildman–Crippen MR) is 261 cm³/mol. The molecular formula is C59H36N4S. The van der Waals surface area contributed by atoms with Gasteiger partial charge in [0.2, 0.25) is 0 Å². The fourth-order valence-electron chi connectivity index (χ4n) is 10.1. The summed E-state index contributed by atoms with van der Waals surface area (Å²) in [4.78, 5) is 23.4. The molecule has 1 aliphatic heterocycles. The Morgan fingerprint density at radius 1 is 0.297 bits per heavy atom. The van der Waals surface area contributed by atoms with Gasteiger partial charge < -0.3 is 0 Å². The Balaban J connectivity index is 1.01. The number of hydrogen-bond acceptors (Lipinski definition) is 5. The molecule has 0 saturated heterocycles. The molecule has 298 valence electrons. The summed E-state index contributed by atoms with van der Waals surface area (Å²) in [6, 6.07) is 78.0. The summed E-state index contributed by atoms with van der Waals surface area (Å²) in [5.74, 6) is 1.85. The molecule has 13 rings (SSSR count). The fourth-order valence-corrected chi connectivity index (χ4v) is 11.3. The van der Waals surface area contributed by atoms with Crippen LogP contribution in [0.4, 0.5) is 0 Å². The van der Waals surface area contributed by atoms with Crippen molar-refractivity contribution in [1.29, 1.82) is 0 Å². The lowest BCUT2D eigenvalue weighted by Crippen LogP contribution is -2.31. The summed E-state index contributed by atoms with van der Waals surface area (Å²) >= 11 is 1.87. The molecule has 11 aromatic rings. The monoisotopic (exact) mass is 832 g/mol. The molecule has 1 aliphatic carbocycles. The van der Waals surface area contributed by atoms with Crippen molar-refractivity contribution in [2.75, 3.05) is 0 Å². The topological polar surface area (TPSA) is 51.6 Å². The standard InChI is InChI=1S/C59H36N4S/c1-3-16-37(17-4-1)38-30-32-40(33-31-38)57-61-56(39-18-5-2-6-19-39)62-58(63-57)42-21-15-20-41(34-42)55-47-35-46-43-22-7-9-24-48(43)59(51(46)36-45(47)44-23-8-12-27-52(44)60-55)49-25-10-13-28-53(49)64-54-29-14-11-26-50(54)59/h1-36H. The van der Waals surface area contributed by atoms with Crippen molar-refractivity contribution < 1.29 is 0 Å². The Morgan fingerprint density at radius 2 is 0.812 bits per heavy atom. The van der Waals surface area contributed by atoms with E-state index in [0.29, 0.717) is 17.5 Å². The van der Waals surface area contributed by atoms with Crippen molar-refractivity contribution in [3.05, 3.63) is 241 Å². The molecule has 0 atom stereocenters. The maximum Gasteiger partial charge on any atom is 0.164 e. The van der Waals surface area contributed by atoms with Crippen LogP contribution in [-0.4, -0.2) is 19.9 Å². The first-order chi connectivity index (χ1) is 31.7. The first-order valence-corrected chi connectivity index (χ1v) is 22.4. The van der Waals surface area contributed by atoms with Crippen LogP contribution < -0.4 is 0 Å². The SMILES string of the molecule is c1ccc(-c2ccc(-c3nc(-c4ccccc4)nc(-c4cccc(-c5nc6ccccc6c6cc7c(cc56)-c5ccccc5C75c6ccccc6Sc6ccccc65)c4)n3)cc2)cc1. The molecule has 0 saturated carbocycles. The van der Waals surface area contributed by atoms with E-state index in [-0.39, 0.29) is 0 Å². The summed E-state index contributed by atoms with van der Waals surface area (Å²) in [7, 11) is 0. The second kappa shape index (κ2) is 14.6. The third kappa shape index (κ3) is 5.64. The molecule has 0 N–H and O–H groups in total. The van der Waals surface area contributed by atoms with Gasteiger partial charge >= 0.3 is 0 Å². The number of rotatable bonds is 5. The van der Waals surface area contributed by atoms with Crippen LogP contribution in [0.5, 0.6) is 0 Å². The van der Waals surface area contributed by atoms with Crippen LogP contribution in [0.3, 0.4) is 0 Å². The number of hydrogen-bond donors (Lipinski definition) is 0. The van der Waals surface area contributed by atoms with Gasteiger partial charge in [-0.3, -0.25) is 0 Å². The van der Waals surface area contributed by atoms with Crippen molar-refractivity contribution in [3.63, 3.8) is 0 Å². The van der Waals surface area contributed by atoms with E-state index < -0.39 is 5.41 Å². The van der Waals surface area contributed by atoms with Crippen LogP contribution in [-0.2, 0) is 5.41 Å². The van der Waals surface area contributed by atoms with Gasteiger partial charge in [0.15, 0.2) is 17.5 Å². The van der Waals surface area contributed by atoms with Gasteiger partial charge in [-0.2, -0.15) is 0 Å². The lowest BCUT2D eigenvalue weighted by atomic mass is 9.67. The highest BCUT2D eigenvalue weighted by Gasteiger charge is 2.50. The minimum atomic E-state index is -0.474. The van der Waals surface area contributed by atoms with E-state index in [4.69, 9.17) is 19.9 Å². The smallest absolute Gasteiger partial charge is 0.164 e. The molecule has 0 amide bonds. The highest BCUT2D eigenvalue weighted by molar-refractivity contribution is 7.99. The van der Waals surface area contributed by atoms with E-state index in [0.717, 1.165) is 49.8 Å². The summed E-state index contributed by atoms with van der Waals surface area (Å²) in [6.45, 7) is 0. The molecule has 64 heavy (non-hydrogen) atoms. The molecular weight excluding hydrogens is 797 g/mol. The Hall–Kier alpha value is -7.99.